The Bertz CT molecular complexity index is 1110. The lowest BCUT2D eigenvalue weighted by Gasteiger charge is -2.17. The molecule has 0 saturated heterocycles. The Hall–Kier alpha value is -3.67. The van der Waals surface area contributed by atoms with Gasteiger partial charge in [0, 0.05) is 12.3 Å². The summed E-state index contributed by atoms with van der Waals surface area (Å²) in [4.78, 5) is 32.5. The van der Waals surface area contributed by atoms with Crippen molar-refractivity contribution >= 4 is 16.9 Å². The van der Waals surface area contributed by atoms with E-state index in [4.69, 9.17) is 0 Å². The molecule has 0 aliphatic rings. The number of carbonyl (C=O) groups is 1. The van der Waals surface area contributed by atoms with Crippen LogP contribution in [0.5, 0.6) is 0 Å². The summed E-state index contributed by atoms with van der Waals surface area (Å²) in [5, 5.41) is 3.03. The Morgan fingerprint density at radius 1 is 1.00 bits per heavy atom. The highest BCUT2D eigenvalue weighted by molar-refractivity contribution is 5.77. The van der Waals surface area contributed by atoms with Gasteiger partial charge in [-0.05, 0) is 30.2 Å². The number of fused-ring (bicyclic) bond motifs is 1. The normalized spacial score (nSPS) is 12.0. The van der Waals surface area contributed by atoms with E-state index in [2.05, 4.69) is 15.3 Å². The van der Waals surface area contributed by atoms with Gasteiger partial charge in [-0.2, -0.15) is 0 Å². The first kappa shape index (κ1) is 17.7. The van der Waals surface area contributed by atoms with E-state index in [0.717, 1.165) is 16.6 Å². The minimum Gasteiger partial charge on any atom is -0.344 e. The van der Waals surface area contributed by atoms with Gasteiger partial charge >= 0.3 is 0 Å². The van der Waals surface area contributed by atoms with E-state index in [1.165, 1.54) is 10.6 Å². The summed E-state index contributed by atoms with van der Waals surface area (Å²) in [6.07, 6.45) is 2.20. The van der Waals surface area contributed by atoms with Gasteiger partial charge in [-0.25, -0.2) is 4.98 Å². The largest absolute Gasteiger partial charge is 0.344 e. The van der Waals surface area contributed by atoms with Crippen LogP contribution in [0.4, 0.5) is 0 Å². The van der Waals surface area contributed by atoms with Crippen LogP contribution in [-0.2, 0) is 17.8 Å². The minimum atomic E-state index is -0.332. The third-order valence-electron chi connectivity index (χ3n) is 4.57. The molecule has 0 aliphatic heterocycles. The number of aromatic nitrogens is 3. The van der Waals surface area contributed by atoms with Crippen LogP contribution in [0, 0.1) is 0 Å². The van der Waals surface area contributed by atoms with E-state index in [1.54, 1.807) is 18.3 Å². The van der Waals surface area contributed by atoms with Crippen molar-refractivity contribution in [2.24, 2.45) is 0 Å². The van der Waals surface area contributed by atoms with E-state index >= 15 is 0 Å². The molecule has 1 amide bonds. The van der Waals surface area contributed by atoms with Crippen molar-refractivity contribution in [3.8, 4) is 0 Å². The summed E-state index contributed by atoms with van der Waals surface area (Å²) in [7, 11) is 0. The molecule has 6 heteroatoms. The second-order valence-electron chi connectivity index (χ2n) is 6.62. The molecule has 0 bridgehead atoms. The van der Waals surface area contributed by atoms with Crippen molar-refractivity contribution in [3.63, 3.8) is 0 Å². The maximum Gasteiger partial charge on any atom is 0.250 e. The van der Waals surface area contributed by atoms with Crippen molar-refractivity contribution in [2.45, 2.75) is 19.0 Å². The Morgan fingerprint density at radius 3 is 2.54 bits per heavy atom. The second kappa shape index (κ2) is 7.92. The summed E-state index contributed by atoms with van der Waals surface area (Å²) in [5.41, 5.74) is 2.65. The van der Waals surface area contributed by atoms with Gasteiger partial charge in [0.05, 0.1) is 17.1 Å². The molecule has 0 fully saturated rings. The smallest absolute Gasteiger partial charge is 0.250 e. The van der Waals surface area contributed by atoms with Crippen LogP contribution in [0.3, 0.4) is 0 Å². The molecule has 4 aromatic rings. The highest BCUT2D eigenvalue weighted by atomic mass is 16.2. The van der Waals surface area contributed by atoms with Gasteiger partial charge < -0.3 is 14.9 Å². The Morgan fingerprint density at radius 2 is 1.75 bits per heavy atom. The van der Waals surface area contributed by atoms with Gasteiger partial charge in [-0.15, -0.1) is 0 Å². The van der Waals surface area contributed by atoms with Crippen LogP contribution in [-0.4, -0.2) is 20.4 Å². The van der Waals surface area contributed by atoms with Crippen molar-refractivity contribution in [1.29, 1.82) is 0 Å². The second-order valence-corrected chi connectivity index (χ2v) is 6.62. The number of carbonyl (C=O) groups excluding carboxylic acids is 1. The van der Waals surface area contributed by atoms with E-state index in [-0.39, 0.29) is 24.1 Å². The zero-order chi connectivity index (χ0) is 19.3. The van der Waals surface area contributed by atoms with Crippen molar-refractivity contribution in [3.05, 3.63) is 101 Å². The highest BCUT2D eigenvalue weighted by Crippen LogP contribution is 2.20. The summed E-state index contributed by atoms with van der Waals surface area (Å²) in [5.74, 6) is 0.452. The number of hydrogen-bond acceptors (Lipinski definition) is 3. The van der Waals surface area contributed by atoms with Gasteiger partial charge in [-0.3, -0.25) is 9.59 Å². The van der Waals surface area contributed by atoms with E-state index in [9.17, 15) is 9.59 Å². The predicted molar refractivity (Wildman–Crippen MR) is 108 cm³/mol. The molecule has 4 rings (SSSR count). The number of H-pyrrole nitrogens is 1. The number of imidazole rings is 1. The number of hydrogen-bond donors (Lipinski definition) is 2. The summed E-state index contributed by atoms with van der Waals surface area (Å²) in [6, 6.07) is 22.2. The number of benzene rings is 2. The molecule has 28 heavy (non-hydrogen) atoms. The molecule has 6 nitrogen and oxygen atoms in total. The van der Waals surface area contributed by atoms with Crippen molar-refractivity contribution < 1.29 is 4.79 Å². The molecule has 0 spiro atoms. The first-order valence-corrected chi connectivity index (χ1v) is 9.12. The molecule has 140 valence electrons. The number of aromatic amines is 1. The molecule has 0 saturated carbocycles. The fourth-order valence-electron chi connectivity index (χ4n) is 3.19. The van der Waals surface area contributed by atoms with Gasteiger partial charge in [-0.1, -0.05) is 48.5 Å². The molecule has 0 unspecified atom stereocenters. The fourth-order valence-corrected chi connectivity index (χ4v) is 3.19. The molecule has 2 aromatic heterocycles. The predicted octanol–water partition coefficient (Wildman–Crippen LogP) is 2.82. The molecular weight excluding hydrogens is 352 g/mol. The zero-order valence-corrected chi connectivity index (χ0v) is 15.2. The van der Waals surface area contributed by atoms with Crippen molar-refractivity contribution in [2.75, 3.05) is 0 Å². The highest BCUT2D eigenvalue weighted by Gasteiger charge is 2.19. The molecule has 2 aromatic carbocycles. The molecule has 1 atom stereocenters. The first-order chi connectivity index (χ1) is 13.7. The summed E-state index contributed by atoms with van der Waals surface area (Å²) in [6.45, 7) is -0.0365. The monoisotopic (exact) mass is 372 g/mol. The van der Waals surface area contributed by atoms with Gasteiger partial charge in [0.15, 0.2) is 0 Å². The van der Waals surface area contributed by atoms with Crippen LogP contribution >= 0.6 is 0 Å². The van der Waals surface area contributed by atoms with E-state index in [0.29, 0.717) is 12.2 Å². The average molecular weight is 372 g/mol. The van der Waals surface area contributed by atoms with Crippen LogP contribution in [0.15, 0.2) is 83.8 Å². The number of nitrogens with zero attached hydrogens (tertiary/aromatic N) is 2. The standard InChI is InChI=1S/C22H20N4O2/c27-20(15-26-13-7-6-12-21(26)28)23-19(14-16-8-2-1-3-9-16)22-24-17-10-4-5-11-18(17)25-22/h1-13,19H,14-15H2,(H,23,27)(H,24,25)/t19-/m1/s1. The van der Waals surface area contributed by atoms with Gasteiger partial charge in [0.25, 0.3) is 5.56 Å². The van der Waals surface area contributed by atoms with Gasteiger partial charge in [0.1, 0.15) is 12.4 Å². The number of pyridine rings is 1. The maximum absolute atomic E-state index is 12.6. The molecule has 2 heterocycles. The topological polar surface area (TPSA) is 79.8 Å². The lowest BCUT2D eigenvalue weighted by Crippen LogP contribution is -2.35. The van der Waals surface area contributed by atoms with E-state index < -0.39 is 0 Å². The quantitative estimate of drug-likeness (QED) is 0.546. The fraction of sp³-hybridized carbons (Fsp3) is 0.136. The van der Waals surface area contributed by atoms with Crippen LogP contribution in [0.2, 0.25) is 0 Å². The average Bonchev–Trinajstić information content (AvgIpc) is 3.14. The zero-order valence-electron chi connectivity index (χ0n) is 15.2. The number of rotatable bonds is 6. The number of para-hydroxylation sites is 2. The lowest BCUT2D eigenvalue weighted by molar-refractivity contribution is -0.122. The van der Waals surface area contributed by atoms with Gasteiger partial charge in [0.2, 0.25) is 5.91 Å². The van der Waals surface area contributed by atoms with E-state index in [1.807, 2.05) is 54.6 Å². The lowest BCUT2D eigenvalue weighted by atomic mass is 10.1. The van der Waals surface area contributed by atoms with Crippen LogP contribution < -0.4 is 10.9 Å². The Labute approximate surface area is 161 Å². The molecule has 0 aliphatic carbocycles. The number of amides is 1. The third-order valence-corrected chi connectivity index (χ3v) is 4.57. The van der Waals surface area contributed by atoms with Crippen LogP contribution in [0.1, 0.15) is 17.4 Å². The Kier molecular flexibility index (Phi) is 5.01. The first-order valence-electron chi connectivity index (χ1n) is 9.12. The summed E-state index contributed by atoms with van der Waals surface area (Å²) >= 11 is 0. The van der Waals surface area contributed by atoms with Crippen LogP contribution in [0.25, 0.3) is 11.0 Å². The maximum atomic E-state index is 12.6. The molecule has 2 N–H and O–H groups in total. The SMILES string of the molecule is O=C(Cn1ccccc1=O)N[C@H](Cc1ccccc1)c1nc2ccccc2[nH]1. The van der Waals surface area contributed by atoms with Crippen molar-refractivity contribution in [1.82, 2.24) is 19.9 Å². The third kappa shape index (κ3) is 4.01. The molecular formula is C22H20N4O2. The number of nitrogens with one attached hydrogen (secondary N) is 2. The Balaban J connectivity index is 1.60. The molecule has 0 radical (unpaired) electrons. The minimum absolute atomic E-state index is 0.0365. The summed E-state index contributed by atoms with van der Waals surface area (Å²) < 4.78 is 1.38.